The molecule has 4 aromatic heterocycles. The second-order valence-corrected chi connectivity index (χ2v) is 15.9. The van der Waals surface area contributed by atoms with Crippen molar-refractivity contribution in [3.8, 4) is 0 Å². The van der Waals surface area contributed by atoms with Crippen LogP contribution in [0.15, 0.2) is 17.4 Å². The van der Waals surface area contributed by atoms with Crippen molar-refractivity contribution >= 4 is 127 Å². The number of nitrogens with one attached hydrogen (secondary N) is 3. The van der Waals surface area contributed by atoms with Gasteiger partial charge in [0.2, 0.25) is 0 Å². The Morgan fingerprint density at radius 1 is 0.690 bits per heavy atom. The first-order chi connectivity index (χ1) is 14.0. The summed E-state index contributed by atoms with van der Waals surface area (Å²) in [6.07, 6.45) is 0. The molecule has 4 heterocycles. The number of rotatable bonds is 7. The standard InChI is InChI=1S/C6H6N4S5.C4H2N4S6/c1-3-7-9-5(14-3)12-2-13-6-10-8-4(11)15-6;9-1-5-7-3(11-1)13-14-4-8-6-2(10)12-4/h2H2,1H3,(H,8,11);(H,5,9)(H,6,10). The van der Waals surface area contributed by atoms with Crippen LogP contribution in [0.2, 0.25) is 0 Å². The van der Waals surface area contributed by atoms with Gasteiger partial charge in [-0.3, -0.25) is 15.3 Å². The number of aromatic amines is 3. The predicted molar refractivity (Wildman–Crippen MR) is 135 cm³/mol. The second-order valence-electron chi connectivity index (χ2n) is 4.30. The fourth-order valence-corrected chi connectivity index (χ4v) is 10.2. The van der Waals surface area contributed by atoms with Gasteiger partial charge in [-0.05, 0) is 65.2 Å². The highest BCUT2D eigenvalue weighted by Gasteiger charge is 2.04. The van der Waals surface area contributed by atoms with Crippen LogP contribution >= 0.6 is 127 Å². The van der Waals surface area contributed by atoms with E-state index < -0.39 is 0 Å². The maximum Gasteiger partial charge on any atom is 0.183 e. The number of thioether (sulfide) groups is 2. The molecular formula is C10H8N8S11. The summed E-state index contributed by atoms with van der Waals surface area (Å²) in [4.78, 5) is 0. The van der Waals surface area contributed by atoms with Gasteiger partial charge in [0.25, 0.3) is 0 Å². The van der Waals surface area contributed by atoms with Crippen molar-refractivity contribution < 1.29 is 0 Å². The Labute approximate surface area is 211 Å². The van der Waals surface area contributed by atoms with E-state index in [4.69, 9.17) is 36.7 Å². The Morgan fingerprint density at radius 2 is 1.17 bits per heavy atom. The molecule has 0 saturated carbocycles. The van der Waals surface area contributed by atoms with Gasteiger partial charge < -0.3 is 0 Å². The monoisotopic (exact) mass is 592 g/mol. The van der Waals surface area contributed by atoms with E-state index in [0.29, 0.717) is 11.9 Å². The molecule has 4 rings (SSSR count). The first kappa shape index (κ1) is 24.0. The zero-order chi connectivity index (χ0) is 20.6. The van der Waals surface area contributed by atoms with Crippen molar-refractivity contribution in [2.75, 3.05) is 5.08 Å². The number of aromatic nitrogens is 8. The maximum absolute atomic E-state index is 4.94. The number of aryl methyl sites for hydroxylation is 1. The lowest BCUT2D eigenvalue weighted by Crippen LogP contribution is -1.74. The first-order valence-electron chi connectivity index (χ1n) is 7.04. The smallest absolute Gasteiger partial charge is 0.183 e. The molecule has 0 atom stereocenters. The number of hydrogen-bond acceptors (Lipinski definition) is 16. The fourth-order valence-electron chi connectivity index (χ4n) is 1.32. The van der Waals surface area contributed by atoms with E-state index in [2.05, 4.69) is 40.8 Å². The van der Waals surface area contributed by atoms with Gasteiger partial charge in [-0.15, -0.1) is 10.2 Å². The number of hydrogen-bond donors (Lipinski definition) is 3. The Kier molecular flexibility index (Phi) is 10.2. The molecule has 19 heteroatoms. The molecule has 0 spiro atoms. The van der Waals surface area contributed by atoms with Gasteiger partial charge >= 0.3 is 0 Å². The van der Waals surface area contributed by atoms with Gasteiger partial charge in [-0.25, -0.2) is 0 Å². The van der Waals surface area contributed by atoms with Crippen molar-refractivity contribution in [3.05, 3.63) is 16.9 Å². The van der Waals surface area contributed by atoms with Crippen molar-refractivity contribution in [2.24, 2.45) is 0 Å². The molecule has 0 aliphatic heterocycles. The highest BCUT2D eigenvalue weighted by atomic mass is 33.1. The lowest BCUT2D eigenvalue weighted by atomic mass is 10.9. The van der Waals surface area contributed by atoms with Crippen LogP contribution < -0.4 is 0 Å². The minimum Gasteiger partial charge on any atom is -0.257 e. The Morgan fingerprint density at radius 3 is 1.59 bits per heavy atom. The van der Waals surface area contributed by atoms with Crippen molar-refractivity contribution in [1.82, 2.24) is 40.8 Å². The molecule has 0 radical (unpaired) electrons. The summed E-state index contributed by atoms with van der Waals surface area (Å²) in [5, 5.41) is 30.1. The topological polar surface area (TPSA) is 112 Å². The molecule has 8 nitrogen and oxygen atoms in total. The van der Waals surface area contributed by atoms with Crippen LogP contribution in [-0.2, 0) is 0 Å². The summed E-state index contributed by atoms with van der Waals surface area (Å²) in [5.41, 5.74) is 0. The highest BCUT2D eigenvalue weighted by molar-refractivity contribution is 8.77. The third-order valence-corrected chi connectivity index (χ3v) is 11.8. The molecule has 29 heavy (non-hydrogen) atoms. The average molecular weight is 593 g/mol. The van der Waals surface area contributed by atoms with Crippen molar-refractivity contribution in [2.45, 2.75) is 24.3 Å². The van der Waals surface area contributed by atoms with E-state index in [1.54, 1.807) is 34.9 Å². The molecule has 0 aromatic carbocycles. The maximum atomic E-state index is 4.94. The molecule has 0 unspecified atom stereocenters. The quantitative estimate of drug-likeness (QED) is 0.0917. The van der Waals surface area contributed by atoms with Crippen LogP contribution in [0.3, 0.4) is 0 Å². The van der Waals surface area contributed by atoms with Crippen LogP contribution in [0.5, 0.6) is 0 Å². The summed E-state index contributed by atoms with van der Waals surface area (Å²) in [7, 11) is 3.03. The molecule has 3 N–H and O–H groups in total. The summed E-state index contributed by atoms with van der Waals surface area (Å²) < 4.78 is 5.83. The largest absolute Gasteiger partial charge is 0.257 e. The van der Waals surface area contributed by atoms with Crippen molar-refractivity contribution in [3.63, 3.8) is 0 Å². The van der Waals surface area contributed by atoms with Crippen LogP contribution in [0.1, 0.15) is 5.01 Å². The van der Waals surface area contributed by atoms with Crippen molar-refractivity contribution in [1.29, 1.82) is 0 Å². The lowest BCUT2D eigenvalue weighted by molar-refractivity contribution is 0.985. The average Bonchev–Trinajstić information content (AvgIpc) is 3.46. The SMILES string of the molecule is Cc1nnc(SCSc2n[nH]c(=S)s2)s1.S=c1[nH]nc(SSc2n[nH]c(=S)s2)s1. The molecule has 0 bridgehead atoms. The Balaban J connectivity index is 0.000000166. The highest BCUT2D eigenvalue weighted by Crippen LogP contribution is 2.38. The van der Waals surface area contributed by atoms with Crippen LogP contribution in [0.4, 0.5) is 0 Å². The molecule has 4 aromatic rings. The summed E-state index contributed by atoms with van der Waals surface area (Å²) in [6.45, 7) is 1.95. The van der Waals surface area contributed by atoms with E-state index in [1.165, 1.54) is 55.6 Å². The Hall–Kier alpha value is 0.300. The van der Waals surface area contributed by atoms with Gasteiger partial charge in [-0.1, -0.05) is 68.9 Å². The molecule has 0 aliphatic rings. The number of H-pyrrole nitrogens is 3. The lowest BCUT2D eigenvalue weighted by Gasteiger charge is -1.92. The van der Waals surface area contributed by atoms with Gasteiger partial charge in [0.1, 0.15) is 5.01 Å². The van der Waals surface area contributed by atoms with Gasteiger partial charge in [0.05, 0.1) is 5.08 Å². The first-order valence-corrected chi connectivity index (χ1v) is 15.7. The molecule has 0 fully saturated rings. The summed E-state index contributed by atoms with van der Waals surface area (Å²) >= 11 is 24.1. The second kappa shape index (κ2) is 12.4. The third kappa shape index (κ3) is 8.75. The fraction of sp³-hybridized carbons (Fsp3) is 0.200. The molecule has 154 valence electrons. The molecule has 0 amide bonds. The molecule has 0 aliphatic carbocycles. The van der Waals surface area contributed by atoms with Crippen LogP contribution in [-0.4, -0.2) is 45.9 Å². The normalized spacial score (nSPS) is 10.7. The van der Waals surface area contributed by atoms with Gasteiger partial charge in [0, 0.05) is 0 Å². The Bertz CT molecular complexity index is 1140. The van der Waals surface area contributed by atoms with Crippen LogP contribution in [0, 0.1) is 18.8 Å². The van der Waals surface area contributed by atoms with E-state index in [1.807, 2.05) is 6.92 Å². The van der Waals surface area contributed by atoms with Gasteiger partial charge in [0.15, 0.2) is 29.2 Å². The molecule has 0 saturated heterocycles. The summed E-state index contributed by atoms with van der Waals surface area (Å²) in [5.74, 6) is 0. The predicted octanol–water partition coefficient (Wildman–Crippen LogP) is 6.72. The van der Waals surface area contributed by atoms with E-state index in [0.717, 1.165) is 27.5 Å². The van der Waals surface area contributed by atoms with E-state index in [-0.39, 0.29) is 0 Å². The van der Waals surface area contributed by atoms with Gasteiger partial charge in [-0.2, -0.15) is 15.3 Å². The van der Waals surface area contributed by atoms with E-state index in [9.17, 15) is 0 Å². The van der Waals surface area contributed by atoms with Crippen LogP contribution in [0.25, 0.3) is 0 Å². The zero-order valence-corrected chi connectivity index (χ0v) is 22.9. The summed E-state index contributed by atoms with van der Waals surface area (Å²) in [6, 6.07) is 0. The zero-order valence-electron chi connectivity index (χ0n) is 13.9. The molecular weight excluding hydrogens is 585 g/mol. The minimum atomic E-state index is 0.683. The minimum absolute atomic E-state index is 0.683. The number of nitrogens with zero attached hydrogens (tertiary/aromatic N) is 5. The van der Waals surface area contributed by atoms with E-state index >= 15 is 0 Å². The third-order valence-electron chi connectivity index (χ3n) is 2.31.